The van der Waals surface area contributed by atoms with Crippen molar-refractivity contribution in [1.82, 2.24) is 5.32 Å². The first-order chi connectivity index (χ1) is 16.0. The quantitative estimate of drug-likeness (QED) is 0.269. The van der Waals surface area contributed by atoms with Gasteiger partial charge in [-0.25, -0.2) is 0 Å². The van der Waals surface area contributed by atoms with Crippen molar-refractivity contribution in [3.8, 4) is 5.75 Å². The number of nitrogens with one attached hydrogen (secondary N) is 3. The third-order valence-electron chi connectivity index (χ3n) is 4.76. The summed E-state index contributed by atoms with van der Waals surface area (Å²) in [7, 11) is 1.51. The minimum Gasteiger partial charge on any atom is -0.495 e. The van der Waals surface area contributed by atoms with E-state index in [4.69, 9.17) is 17.0 Å². The number of ether oxygens (including phenoxy) is 1. The van der Waals surface area contributed by atoms with Crippen LogP contribution in [0.3, 0.4) is 0 Å². The fourth-order valence-electron chi connectivity index (χ4n) is 3.22. The van der Waals surface area contributed by atoms with Gasteiger partial charge in [0.1, 0.15) is 5.75 Å². The van der Waals surface area contributed by atoms with Crippen molar-refractivity contribution in [1.29, 1.82) is 0 Å². The summed E-state index contributed by atoms with van der Waals surface area (Å²) < 4.78 is 6.17. The van der Waals surface area contributed by atoms with E-state index in [1.54, 1.807) is 36.4 Å². The molecule has 2 amide bonds. The maximum Gasteiger partial charge on any atom is 0.265 e. The van der Waals surface area contributed by atoms with E-state index < -0.39 is 5.91 Å². The molecule has 1 heterocycles. The molecule has 4 rings (SSSR count). The molecule has 3 aromatic carbocycles. The van der Waals surface area contributed by atoms with Crippen LogP contribution < -0.4 is 20.7 Å². The van der Waals surface area contributed by atoms with Crippen LogP contribution in [-0.4, -0.2) is 24.0 Å². The van der Waals surface area contributed by atoms with Crippen molar-refractivity contribution in [3.63, 3.8) is 0 Å². The van der Waals surface area contributed by atoms with Crippen LogP contribution in [0, 0.1) is 0 Å². The molecule has 0 fully saturated rings. The third-order valence-corrected chi connectivity index (χ3v) is 6.62. The Morgan fingerprint density at radius 2 is 1.64 bits per heavy atom. The molecule has 0 spiro atoms. The van der Waals surface area contributed by atoms with Gasteiger partial charge in [-0.2, -0.15) is 0 Å². The molecule has 6 nitrogen and oxygen atoms in total. The average Bonchev–Trinajstić information content (AvgIpc) is 3.35. The van der Waals surface area contributed by atoms with Gasteiger partial charge in [-0.15, -0.1) is 11.3 Å². The number of fused-ring (bicyclic) bond motifs is 1. The van der Waals surface area contributed by atoms with Crippen LogP contribution in [0.5, 0.6) is 5.75 Å². The maximum atomic E-state index is 12.9. The zero-order valence-electron chi connectivity index (χ0n) is 17.3. The molecule has 0 bridgehead atoms. The summed E-state index contributed by atoms with van der Waals surface area (Å²) in [5.74, 6) is -0.126. The molecule has 0 atom stereocenters. The smallest absolute Gasteiger partial charge is 0.265 e. The van der Waals surface area contributed by atoms with E-state index in [1.165, 1.54) is 18.4 Å². The number of carbonyl (C=O) groups excluding carboxylic acids is 2. The standard InChI is InChI=1S/C24H18BrN3O3S2/c1-31-21-18(13-14-5-2-3-6-17(14)20(21)25)22(29)28-24(32)27-16-10-8-15(9-11-16)26-23(30)19-7-4-12-33-19/h2-13H,1H3,(H,26,30)(H2,27,28,29,32). The summed E-state index contributed by atoms with van der Waals surface area (Å²) in [5.41, 5.74) is 1.68. The van der Waals surface area contributed by atoms with Crippen LogP contribution >= 0.6 is 39.5 Å². The van der Waals surface area contributed by atoms with Crippen molar-refractivity contribution in [2.45, 2.75) is 0 Å². The molecule has 9 heteroatoms. The van der Waals surface area contributed by atoms with Gasteiger partial charge in [0, 0.05) is 11.4 Å². The van der Waals surface area contributed by atoms with E-state index in [1.807, 2.05) is 35.7 Å². The second kappa shape index (κ2) is 10.1. The number of benzene rings is 3. The molecule has 3 N–H and O–H groups in total. The van der Waals surface area contributed by atoms with E-state index in [9.17, 15) is 9.59 Å². The van der Waals surface area contributed by atoms with E-state index in [-0.39, 0.29) is 11.0 Å². The Balaban J connectivity index is 1.43. The predicted molar refractivity (Wildman–Crippen MR) is 141 cm³/mol. The first kappa shape index (κ1) is 22.9. The SMILES string of the molecule is COc1c(C(=O)NC(=S)Nc2ccc(NC(=O)c3cccs3)cc2)cc2ccccc2c1Br. The molecule has 1 aromatic heterocycles. The maximum absolute atomic E-state index is 12.9. The predicted octanol–water partition coefficient (Wildman–Crippen LogP) is 6.05. The molecule has 4 aromatic rings. The van der Waals surface area contributed by atoms with Gasteiger partial charge in [0.05, 0.1) is 22.0 Å². The molecule has 0 unspecified atom stereocenters. The minimum atomic E-state index is -0.393. The Morgan fingerprint density at radius 3 is 2.30 bits per heavy atom. The number of thiophene rings is 1. The van der Waals surface area contributed by atoms with Gasteiger partial charge < -0.3 is 15.4 Å². The Morgan fingerprint density at radius 1 is 0.939 bits per heavy atom. The molecule has 33 heavy (non-hydrogen) atoms. The average molecular weight is 540 g/mol. The van der Waals surface area contributed by atoms with Gasteiger partial charge in [-0.05, 0) is 80.7 Å². The highest BCUT2D eigenvalue weighted by molar-refractivity contribution is 9.10. The molecule has 0 saturated carbocycles. The zero-order valence-corrected chi connectivity index (χ0v) is 20.6. The molecule has 0 aliphatic rings. The molecule has 166 valence electrons. The Labute approximate surface area is 208 Å². The summed E-state index contributed by atoms with van der Waals surface area (Å²) >= 11 is 10.2. The summed E-state index contributed by atoms with van der Waals surface area (Å²) in [6.45, 7) is 0. The molecular weight excluding hydrogens is 522 g/mol. The fourth-order valence-corrected chi connectivity index (χ4v) is 4.79. The highest BCUT2D eigenvalue weighted by atomic mass is 79.9. The van der Waals surface area contributed by atoms with Crippen molar-refractivity contribution >= 4 is 78.6 Å². The van der Waals surface area contributed by atoms with Gasteiger partial charge in [0.25, 0.3) is 11.8 Å². The number of amides is 2. The van der Waals surface area contributed by atoms with Gasteiger partial charge in [0.2, 0.25) is 0 Å². The first-order valence-corrected chi connectivity index (χ1v) is 11.9. The molecule has 0 saturated heterocycles. The number of methoxy groups -OCH3 is 1. The van der Waals surface area contributed by atoms with Crippen molar-refractivity contribution < 1.29 is 14.3 Å². The fraction of sp³-hybridized carbons (Fsp3) is 0.0417. The molecule has 0 radical (unpaired) electrons. The lowest BCUT2D eigenvalue weighted by molar-refractivity contribution is 0.0973. The monoisotopic (exact) mass is 539 g/mol. The van der Waals surface area contributed by atoms with Crippen LogP contribution in [0.4, 0.5) is 11.4 Å². The van der Waals surface area contributed by atoms with Gasteiger partial charge in [0.15, 0.2) is 5.11 Å². The van der Waals surface area contributed by atoms with Gasteiger partial charge in [-0.1, -0.05) is 30.3 Å². The first-order valence-electron chi connectivity index (χ1n) is 9.78. The number of anilines is 2. The molecule has 0 aliphatic heterocycles. The number of carbonyl (C=O) groups is 2. The van der Waals surface area contributed by atoms with Crippen molar-refractivity contribution in [3.05, 3.63) is 87.0 Å². The second-order valence-electron chi connectivity index (χ2n) is 6.91. The highest BCUT2D eigenvalue weighted by Crippen LogP contribution is 2.36. The zero-order chi connectivity index (χ0) is 23.4. The number of hydrogen-bond acceptors (Lipinski definition) is 5. The van der Waals surface area contributed by atoms with E-state index in [2.05, 4.69) is 31.9 Å². The number of rotatable bonds is 5. The minimum absolute atomic E-state index is 0.140. The van der Waals surface area contributed by atoms with E-state index >= 15 is 0 Å². The lowest BCUT2D eigenvalue weighted by Gasteiger charge is -2.15. The summed E-state index contributed by atoms with van der Waals surface area (Å²) in [6.07, 6.45) is 0. The largest absolute Gasteiger partial charge is 0.495 e. The summed E-state index contributed by atoms with van der Waals surface area (Å²) in [4.78, 5) is 25.7. The van der Waals surface area contributed by atoms with Gasteiger partial charge >= 0.3 is 0 Å². The van der Waals surface area contributed by atoms with Gasteiger partial charge in [-0.3, -0.25) is 14.9 Å². The van der Waals surface area contributed by atoms with Crippen LogP contribution in [-0.2, 0) is 0 Å². The number of halogens is 1. The van der Waals surface area contributed by atoms with E-state index in [0.29, 0.717) is 32.0 Å². The van der Waals surface area contributed by atoms with Crippen molar-refractivity contribution in [2.75, 3.05) is 17.7 Å². The third kappa shape index (κ3) is 5.22. The molecule has 0 aliphatic carbocycles. The molecular formula is C24H18BrN3O3S2. The summed E-state index contributed by atoms with van der Waals surface area (Å²) in [6, 6.07) is 20.1. The Bertz CT molecular complexity index is 1340. The van der Waals surface area contributed by atoms with Crippen LogP contribution in [0.1, 0.15) is 20.0 Å². The normalized spacial score (nSPS) is 10.5. The van der Waals surface area contributed by atoms with Crippen LogP contribution in [0.2, 0.25) is 0 Å². The second-order valence-corrected chi connectivity index (χ2v) is 9.06. The van der Waals surface area contributed by atoms with Crippen molar-refractivity contribution in [2.24, 2.45) is 0 Å². The topological polar surface area (TPSA) is 79.5 Å². The number of thiocarbonyl (C=S) groups is 1. The van der Waals surface area contributed by atoms with E-state index in [0.717, 1.165) is 10.8 Å². The Kier molecular flexibility index (Phi) is 7.02. The number of hydrogen-bond donors (Lipinski definition) is 3. The summed E-state index contributed by atoms with van der Waals surface area (Å²) in [5, 5.41) is 12.3. The lowest BCUT2D eigenvalue weighted by atomic mass is 10.1. The lowest BCUT2D eigenvalue weighted by Crippen LogP contribution is -2.34. The highest BCUT2D eigenvalue weighted by Gasteiger charge is 2.19. The Hall–Kier alpha value is -3.27. The van der Waals surface area contributed by atoms with Crippen LogP contribution in [0.15, 0.2) is 76.6 Å². The van der Waals surface area contributed by atoms with Crippen LogP contribution in [0.25, 0.3) is 10.8 Å².